The predicted octanol–water partition coefficient (Wildman–Crippen LogP) is 1.93. The summed E-state index contributed by atoms with van der Waals surface area (Å²) in [6.07, 6.45) is 4.63. The van der Waals surface area contributed by atoms with Crippen molar-refractivity contribution < 1.29 is 14.3 Å². The molecule has 0 saturated carbocycles. The molecule has 0 spiro atoms. The molecule has 0 amide bonds. The molecule has 1 aromatic rings. The van der Waals surface area contributed by atoms with Crippen LogP contribution in [0.5, 0.6) is 5.75 Å². The fourth-order valence-electron chi connectivity index (χ4n) is 1.14. The SMILES string of the molecule is C#C[C@@H](OC(C)=O)c1ccc(OC)cc1. The Morgan fingerprint density at radius 1 is 1.40 bits per heavy atom. The van der Waals surface area contributed by atoms with Gasteiger partial charge in [0.15, 0.2) is 6.10 Å². The molecular weight excluding hydrogens is 192 g/mol. The average Bonchev–Trinajstić information content (AvgIpc) is 2.26. The van der Waals surface area contributed by atoms with Crippen LogP contribution in [0.1, 0.15) is 18.6 Å². The lowest BCUT2D eigenvalue weighted by molar-refractivity contribution is -0.144. The van der Waals surface area contributed by atoms with E-state index >= 15 is 0 Å². The van der Waals surface area contributed by atoms with Gasteiger partial charge in [-0.05, 0) is 12.1 Å². The van der Waals surface area contributed by atoms with Gasteiger partial charge in [0.05, 0.1) is 7.11 Å². The van der Waals surface area contributed by atoms with Crippen molar-refractivity contribution in [1.29, 1.82) is 0 Å². The van der Waals surface area contributed by atoms with Crippen molar-refractivity contribution in [2.45, 2.75) is 13.0 Å². The highest BCUT2D eigenvalue weighted by Gasteiger charge is 2.10. The molecule has 0 unspecified atom stereocenters. The van der Waals surface area contributed by atoms with Crippen LogP contribution in [-0.2, 0) is 9.53 Å². The normalized spacial score (nSPS) is 11.3. The van der Waals surface area contributed by atoms with Crippen molar-refractivity contribution in [1.82, 2.24) is 0 Å². The van der Waals surface area contributed by atoms with E-state index in [-0.39, 0.29) is 0 Å². The van der Waals surface area contributed by atoms with Crippen molar-refractivity contribution >= 4 is 5.97 Å². The van der Waals surface area contributed by atoms with Crippen LogP contribution in [0.3, 0.4) is 0 Å². The first kappa shape index (κ1) is 11.1. The highest BCUT2D eigenvalue weighted by atomic mass is 16.5. The van der Waals surface area contributed by atoms with Crippen LogP contribution >= 0.6 is 0 Å². The number of rotatable bonds is 3. The molecule has 0 N–H and O–H groups in total. The van der Waals surface area contributed by atoms with Crippen molar-refractivity contribution in [3.05, 3.63) is 29.8 Å². The Kier molecular flexibility index (Phi) is 3.75. The first-order chi connectivity index (χ1) is 7.17. The molecule has 3 nitrogen and oxygen atoms in total. The second-order valence-corrected chi connectivity index (χ2v) is 2.93. The third kappa shape index (κ3) is 3.03. The van der Waals surface area contributed by atoms with Crippen LogP contribution < -0.4 is 4.74 Å². The average molecular weight is 204 g/mol. The van der Waals surface area contributed by atoms with E-state index in [1.165, 1.54) is 6.92 Å². The van der Waals surface area contributed by atoms with E-state index in [2.05, 4.69) is 5.92 Å². The van der Waals surface area contributed by atoms with Gasteiger partial charge in [-0.3, -0.25) is 4.79 Å². The predicted molar refractivity (Wildman–Crippen MR) is 56.3 cm³/mol. The minimum Gasteiger partial charge on any atom is -0.497 e. The molecule has 1 aromatic carbocycles. The molecule has 1 atom stereocenters. The van der Waals surface area contributed by atoms with Crippen LogP contribution in [0.2, 0.25) is 0 Å². The summed E-state index contributed by atoms with van der Waals surface area (Å²) in [5, 5.41) is 0. The molecule has 0 bridgehead atoms. The molecule has 0 fully saturated rings. The van der Waals surface area contributed by atoms with Crippen LogP contribution in [-0.4, -0.2) is 13.1 Å². The van der Waals surface area contributed by atoms with Crippen LogP contribution in [0.4, 0.5) is 0 Å². The van der Waals surface area contributed by atoms with Crippen molar-refractivity contribution in [2.75, 3.05) is 7.11 Å². The first-order valence-corrected chi connectivity index (χ1v) is 4.44. The lowest BCUT2D eigenvalue weighted by atomic mass is 10.1. The number of carbonyl (C=O) groups excluding carboxylic acids is 1. The number of methoxy groups -OCH3 is 1. The Bertz CT molecular complexity index is 373. The Balaban J connectivity index is 2.84. The van der Waals surface area contributed by atoms with E-state index in [0.717, 1.165) is 11.3 Å². The number of terminal acetylenes is 1. The molecule has 0 heterocycles. The third-order valence-electron chi connectivity index (χ3n) is 1.85. The second kappa shape index (κ2) is 5.06. The molecule has 0 aromatic heterocycles. The number of benzene rings is 1. The van der Waals surface area contributed by atoms with E-state index in [4.69, 9.17) is 15.9 Å². The van der Waals surface area contributed by atoms with E-state index < -0.39 is 12.1 Å². The Morgan fingerprint density at radius 3 is 2.40 bits per heavy atom. The maximum Gasteiger partial charge on any atom is 0.304 e. The topological polar surface area (TPSA) is 35.5 Å². The van der Waals surface area contributed by atoms with Gasteiger partial charge in [0.1, 0.15) is 5.75 Å². The Hall–Kier alpha value is -1.95. The highest BCUT2D eigenvalue weighted by Crippen LogP contribution is 2.19. The fourth-order valence-corrected chi connectivity index (χ4v) is 1.14. The largest absolute Gasteiger partial charge is 0.497 e. The molecule has 78 valence electrons. The van der Waals surface area contributed by atoms with E-state index in [0.29, 0.717) is 0 Å². The zero-order valence-electron chi connectivity index (χ0n) is 8.69. The van der Waals surface area contributed by atoms with Gasteiger partial charge in [-0.15, -0.1) is 6.42 Å². The van der Waals surface area contributed by atoms with Gasteiger partial charge in [-0.2, -0.15) is 0 Å². The molecule has 3 heteroatoms. The monoisotopic (exact) mass is 204 g/mol. The molecule has 0 saturated heterocycles. The number of ether oxygens (including phenoxy) is 2. The summed E-state index contributed by atoms with van der Waals surface area (Å²) >= 11 is 0. The van der Waals surface area contributed by atoms with Gasteiger partial charge in [-0.1, -0.05) is 18.1 Å². The van der Waals surface area contributed by atoms with Gasteiger partial charge < -0.3 is 9.47 Å². The fraction of sp³-hybridized carbons (Fsp3) is 0.250. The minimum absolute atomic E-state index is 0.395. The van der Waals surface area contributed by atoms with E-state index in [1.54, 1.807) is 31.4 Å². The summed E-state index contributed by atoms with van der Waals surface area (Å²) in [6.45, 7) is 1.33. The third-order valence-corrected chi connectivity index (χ3v) is 1.85. The summed E-state index contributed by atoms with van der Waals surface area (Å²) in [7, 11) is 1.58. The van der Waals surface area contributed by atoms with Crippen molar-refractivity contribution in [2.24, 2.45) is 0 Å². The van der Waals surface area contributed by atoms with E-state index in [9.17, 15) is 4.79 Å². The Morgan fingerprint density at radius 2 is 2.00 bits per heavy atom. The molecule has 0 radical (unpaired) electrons. The molecular formula is C12H12O3. The first-order valence-electron chi connectivity index (χ1n) is 4.44. The Labute approximate surface area is 89.0 Å². The summed E-state index contributed by atoms with van der Waals surface area (Å²) < 4.78 is 9.95. The highest BCUT2D eigenvalue weighted by molar-refractivity contribution is 5.66. The van der Waals surface area contributed by atoms with E-state index in [1.807, 2.05) is 0 Å². The lowest BCUT2D eigenvalue weighted by Gasteiger charge is -2.11. The van der Waals surface area contributed by atoms with Crippen LogP contribution in [0.25, 0.3) is 0 Å². The molecule has 1 rings (SSSR count). The number of hydrogen-bond acceptors (Lipinski definition) is 3. The maximum atomic E-state index is 10.8. The van der Waals surface area contributed by atoms with Gasteiger partial charge in [-0.25, -0.2) is 0 Å². The molecule has 0 aliphatic heterocycles. The zero-order chi connectivity index (χ0) is 11.3. The minimum atomic E-state index is -0.631. The summed E-state index contributed by atoms with van der Waals surface area (Å²) in [6, 6.07) is 7.07. The molecule has 0 aliphatic rings. The van der Waals surface area contributed by atoms with Gasteiger partial charge in [0, 0.05) is 12.5 Å². The maximum absolute atomic E-state index is 10.8. The number of carbonyl (C=O) groups is 1. The quantitative estimate of drug-likeness (QED) is 0.557. The van der Waals surface area contributed by atoms with Crippen molar-refractivity contribution in [3.8, 4) is 18.1 Å². The summed E-state index contributed by atoms with van der Waals surface area (Å²) in [5.41, 5.74) is 0.758. The number of esters is 1. The van der Waals surface area contributed by atoms with Gasteiger partial charge in [0.25, 0.3) is 0 Å². The summed E-state index contributed by atoms with van der Waals surface area (Å²) in [5.74, 6) is 2.74. The number of hydrogen-bond donors (Lipinski definition) is 0. The lowest BCUT2D eigenvalue weighted by Crippen LogP contribution is -2.06. The van der Waals surface area contributed by atoms with Crippen LogP contribution in [0.15, 0.2) is 24.3 Å². The zero-order valence-corrected chi connectivity index (χ0v) is 8.69. The molecule has 0 aliphatic carbocycles. The summed E-state index contributed by atoms with van der Waals surface area (Å²) in [4.78, 5) is 10.8. The second-order valence-electron chi connectivity index (χ2n) is 2.93. The van der Waals surface area contributed by atoms with Crippen LogP contribution in [0, 0.1) is 12.3 Å². The van der Waals surface area contributed by atoms with Gasteiger partial charge in [0.2, 0.25) is 0 Å². The molecule has 15 heavy (non-hydrogen) atoms. The standard InChI is InChI=1S/C12H12O3/c1-4-12(15-9(2)13)10-5-7-11(14-3)8-6-10/h1,5-8,12H,2-3H3/t12-/m1/s1. The smallest absolute Gasteiger partial charge is 0.304 e. The van der Waals surface area contributed by atoms with Crippen molar-refractivity contribution in [3.63, 3.8) is 0 Å². The van der Waals surface area contributed by atoms with Gasteiger partial charge >= 0.3 is 5.97 Å².